The molecule has 4 aliphatic rings. The van der Waals surface area contributed by atoms with Crippen LogP contribution in [0.15, 0.2) is 303 Å². The molecule has 0 unspecified atom stereocenters. The van der Waals surface area contributed by atoms with Gasteiger partial charge in [-0.15, -0.1) is 0 Å². The van der Waals surface area contributed by atoms with Crippen LogP contribution in [0, 0.1) is 0 Å². The van der Waals surface area contributed by atoms with E-state index in [2.05, 4.69) is 313 Å². The van der Waals surface area contributed by atoms with E-state index < -0.39 is 10.8 Å². The number of anilines is 6. The number of fused-ring (bicyclic) bond motifs is 6. The Balaban J connectivity index is 0.865. The molecule has 18 rings (SSSR count). The van der Waals surface area contributed by atoms with Crippen molar-refractivity contribution in [2.45, 2.75) is 86.9 Å². The average Bonchev–Trinajstić information content (AvgIpc) is 1.70. The molecule has 0 saturated heterocycles. The fourth-order valence-electron chi connectivity index (χ4n) is 18.0. The van der Waals surface area contributed by atoms with E-state index in [0.29, 0.717) is 11.8 Å². The number of benzene rings is 14. The summed E-state index contributed by atoms with van der Waals surface area (Å²) in [6, 6.07) is 116. The second-order valence-corrected chi connectivity index (χ2v) is 26.6. The first-order chi connectivity index (χ1) is 45.7. The third kappa shape index (κ3) is 8.32. The van der Waals surface area contributed by atoms with Gasteiger partial charge in [0.2, 0.25) is 0 Å². The summed E-state index contributed by atoms with van der Waals surface area (Å²) in [5, 5.41) is 8.18. The maximum absolute atomic E-state index is 2.64. The van der Waals surface area contributed by atoms with Crippen LogP contribution in [0.1, 0.15) is 132 Å². The summed E-state index contributed by atoms with van der Waals surface area (Å²) >= 11 is 0. The van der Waals surface area contributed by atoms with Gasteiger partial charge in [-0.3, -0.25) is 0 Å². The van der Waals surface area contributed by atoms with E-state index >= 15 is 0 Å². The number of hydrogen-bond acceptors (Lipinski definition) is 2. The smallest absolute Gasteiger partial charge is 0.0713 e. The van der Waals surface area contributed by atoms with Crippen molar-refractivity contribution in [2.24, 2.45) is 0 Å². The van der Waals surface area contributed by atoms with E-state index in [0.717, 1.165) is 22.7 Å². The molecular weight excluding hydrogens is 1110 g/mol. The van der Waals surface area contributed by atoms with Gasteiger partial charge in [0.05, 0.1) is 22.2 Å². The fraction of sp³-hybridized carbons (Fsp3) is 0.156. The summed E-state index contributed by atoms with van der Waals surface area (Å²) in [5.74, 6) is 0.907. The molecule has 2 saturated carbocycles. The van der Waals surface area contributed by atoms with Gasteiger partial charge in [0.1, 0.15) is 0 Å². The molecule has 92 heavy (non-hydrogen) atoms. The molecule has 0 N–H and O–H groups in total. The van der Waals surface area contributed by atoms with Gasteiger partial charge in [-0.25, -0.2) is 0 Å². The van der Waals surface area contributed by atoms with Gasteiger partial charge in [-0.2, -0.15) is 0 Å². The van der Waals surface area contributed by atoms with Crippen molar-refractivity contribution in [3.05, 3.63) is 359 Å². The van der Waals surface area contributed by atoms with E-state index in [-0.39, 0.29) is 0 Å². The van der Waals surface area contributed by atoms with Crippen LogP contribution in [0.5, 0.6) is 0 Å². The largest absolute Gasteiger partial charge is 0.310 e. The molecular formula is C90H72N2. The van der Waals surface area contributed by atoms with Gasteiger partial charge >= 0.3 is 0 Å². The van der Waals surface area contributed by atoms with E-state index in [4.69, 9.17) is 0 Å². The minimum absolute atomic E-state index is 0.454. The average molecular weight is 1180 g/mol. The molecule has 0 bridgehead atoms. The van der Waals surface area contributed by atoms with Crippen molar-refractivity contribution >= 4 is 66.4 Å². The molecule has 2 heteroatoms. The topological polar surface area (TPSA) is 6.48 Å². The van der Waals surface area contributed by atoms with Crippen molar-refractivity contribution in [3.63, 3.8) is 0 Å². The summed E-state index contributed by atoms with van der Waals surface area (Å²) in [6.45, 7) is 0. The van der Waals surface area contributed by atoms with Gasteiger partial charge in [0.25, 0.3) is 0 Å². The lowest BCUT2D eigenvalue weighted by atomic mass is 9.67. The van der Waals surface area contributed by atoms with Crippen LogP contribution >= 0.6 is 0 Å². The number of para-hydroxylation sites is 2. The number of nitrogens with zero attached hydrogens (tertiary/aromatic N) is 2. The first-order valence-corrected chi connectivity index (χ1v) is 33.9. The molecule has 14 aromatic carbocycles. The first-order valence-electron chi connectivity index (χ1n) is 33.9. The molecule has 0 amide bonds. The van der Waals surface area contributed by atoms with Crippen molar-refractivity contribution in [1.82, 2.24) is 0 Å². The minimum atomic E-state index is -0.492. The molecule has 0 atom stereocenters. The molecule has 0 heterocycles. The first kappa shape index (κ1) is 54.6. The summed E-state index contributed by atoms with van der Waals surface area (Å²) in [7, 11) is 0. The van der Waals surface area contributed by atoms with Gasteiger partial charge in [-0.1, -0.05) is 281 Å². The second kappa shape index (κ2) is 22.3. The summed E-state index contributed by atoms with van der Waals surface area (Å²) in [4.78, 5) is 5.19. The maximum Gasteiger partial charge on any atom is 0.0713 e. The standard InChI is InChI=1S/C90H72N2/c1-7-27-61(28-8-1)79-59-85(91(67-35-15-5-16-36-67)69-51-47-65(48-52-69)89(63-31-11-3-12-32-63)81-43-23-19-39-71(81)72-40-20-24-44-82(72)89)77-58-56-76-80(62-29-9-2-10-30-62)60-86(78-57-55-75(79)87(77)88(76)78)92(68-37-17-6-18-38-68)70-53-49-66(50-54-70)90(64-33-13-4-14-34-64)83-45-25-21-41-73(83)74-42-22-26-46-84(74)90/h3-6,11-26,31-62H,1-2,7-10,27-30H2. The fourth-order valence-corrected chi connectivity index (χ4v) is 18.0. The Morgan fingerprint density at radius 3 is 0.848 bits per heavy atom. The highest BCUT2D eigenvalue weighted by Crippen LogP contribution is 2.60. The summed E-state index contributed by atoms with van der Waals surface area (Å²) < 4.78 is 0. The summed E-state index contributed by atoms with van der Waals surface area (Å²) in [6.07, 6.45) is 12.4. The highest BCUT2D eigenvalue weighted by atomic mass is 15.2. The Morgan fingerprint density at radius 1 is 0.239 bits per heavy atom. The maximum atomic E-state index is 2.64. The van der Waals surface area contributed by atoms with Crippen LogP contribution in [0.4, 0.5) is 34.1 Å². The lowest BCUT2D eigenvalue weighted by Gasteiger charge is -2.35. The third-order valence-corrected chi connectivity index (χ3v) is 22.0. The van der Waals surface area contributed by atoms with Crippen molar-refractivity contribution in [2.75, 3.05) is 9.80 Å². The van der Waals surface area contributed by atoms with Crippen LogP contribution in [0.25, 0.3) is 54.6 Å². The molecule has 2 fully saturated rings. The lowest BCUT2D eigenvalue weighted by molar-refractivity contribution is 0.445. The Kier molecular flexibility index (Phi) is 13.2. The number of hydrogen-bond donors (Lipinski definition) is 0. The highest BCUT2D eigenvalue weighted by molar-refractivity contribution is 6.29. The Hall–Kier alpha value is -10.3. The van der Waals surface area contributed by atoms with Gasteiger partial charge < -0.3 is 9.80 Å². The predicted octanol–water partition coefficient (Wildman–Crippen LogP) is 24.3. The number of rotatable bonds is 12. The molecule has 14 aromatic rings. The zero-order valence-corrected chi connectivity index (χ0v) is 52.0. The lowest BCUT2D eigenvalue weighted by Crippen LogP contribution is -2.28. The van der Waals surface area contributed by atoms with Gasteiger partial charge in [-0.05, 0) is 198 Å². The molecule has 0 aromatic heterocycles. The van der Waals surface area contributed by atoms with Crippen molar-refractivity contribution in [1.29, 1.82) is 0 Å². The molecule has 2 nitrogen and oxygen atoms in total. The zero-order chi connectivity index (χ0) is 60.7. The van der Waals surface area contributed by atoms with E-state index in [1.54, 1.807) is 0 Å². The summed E-state index contributed by atoms with van der Waals surface area (Å²) in [5.41, 5.74) is 24.7. The van der Waals surface area contributed by atoms with E-state index in [1.165, 1.54) is 186 Å². The molecule has 4 aliphatic carbocycles. The normalized spacial score (nSPS) is 15.7. The highest BCUT2D eigenvalue weighted by Gasteiger charge is 2.47. The zero-order valence-electron chi connectivity index (χ0n) is 52.0. The monoisotopic (exact) mass is 1180 g/mol. The van der Waals surface area contributed by atoms with E-state index in [1.807, 2.05) is 0 Å². The SMILES string of the molecule is c1ccc(N(c2ccc(C3(c4ccccc4)c4ccccc4-c4ccccc43)cc2)c2cc(C3CCCCC3)c3ccc4c(N(c5ccccc5)c5ccc(C6(c7ccccc7)c7ccccc7-c7ccccc76)cc5)cc(C5CCCCC5)c5ccc2c3c54)cc1. The molecule has 0 radical (unpaired) electrons. The Morgan fingerprint density at radius 2 is 0.511 bits per heavy atom. The van der Waals surface area contributed by atoms with Crippen molar-refractivity contribution < 1.29 is 0 Å². The molecule has 0 spiro atoms. The van der Waals surface area contributed by atoms with Gasteiger partial charge in [0, 0.05) is 33.5 Å². The van der Waals surface area contributed by atoms with Crippen LogP contribution in [0.3, 0.4) is 0 Å². The van der Waals surface area contributed by atoms with E-state index in [9.17, 15) is 0 Å². The third-order valence-electron chi connectivity index (χ3n) is 22.0. The Labute approximate surface area is 541 Å². The predicted molar refractivity (Wildman–Crippen MR) is 386 cm³/mol. The molecule has 0 aliphatic heterocycles. The van der Waals surface area contributed by atoms with Crippen LogP contribution < -0.4 is 9.80 Å². The van der Waals surface area contributed by atoms with Crippen molar-refractivity contribution in [3.8, 4) is 22.3 Å². The second-order valence-electron chi connectivity index (χ2n) is 26.6. The van der Waals surface area contributed by atoms with Crippen LogP contribution in [-0.2, 0) is 10.8 Å². The molecule has 442 valence electrons. The minimum Gasteiger partial charge on any atom is -0.310 e. The van der Waals surface area contributed by atoms with Crippen LogP contribution in [0.2, 0.25) is 0 Å². The van der Waals surface area contributed by atoms with Crippen LogP contribution in [-0.4, -0.2) is 0 Å². The van der Waals surface area contributed by atoms with Gasteiger partial charge in [0.15, 0.2) is 0 Å². The Bertz CT molecular complexity index is 4630. The quantitative estimate of drug-likeness (QED) is 0.113.